The molecular formula is C8H3FN2OS. The van der Waals surface area contributed by atoms with E-state index in [1.165, 1.54) is 29.7 Å². The zero-order valence-corrected chi connectivity index (χ0v) is 7.14. The highest BCUT2D eigenvalue weighted by molar-refractivity contribution is 7.13. The van der Waals surface area contributed by atoms with Crippen LogP contribution in [0.4, 0.5) is 10.2 Å². The molecule has 0 spiro atoms. The number of hydrogen-bond acceptors (Lipinski definition) is 4. The van der Waals surface area contributed by atoms with Gasteiger partial charge in [0.25, 0.3) is 0 Å². The molecule has 2 rings (SSSR count). The number of nitrogens with zero attached hydrogens (tertiary/aromatic N) is 2. The number of aromatic nitrogens is 1. The highest BCUT2D eigenvalue weighted by atomic mass is 32.1. The summed E-state index contributed by atoms with van der Waals surface area (Å²) in [5.74, 6) is -0.135. The second-order valence-corrected chi connectivity index (χ2v) is 3.15. The summed E-state index contributed by atoms with van der Waals surface area (Å²) in [6.45, 7) is 0. The molecule has 1 aromatic carbocycles. The van der Waals surface area contributed by atoms with Crippen LogP contribution in [0.3, 0.4) is 0 Å². The minimum Gasteiger partial charge on any atom is -0.211 e. The number of hydrogen-bond donors (Lipinski definition) is 0. The van der Waals surface area contributed by atoms with Crippen molar-refractivity contribution in [3.05, 3.63) is 24.0 Å². The van der Waals surface area contributed by atoms with Gasteiger partial charge in [0.15, 0.2) is 5.82 Å². The minimum atomic E-state index is -0.366. The normalized spacial score (nSPS) is 9.92. The highest BCUT2D eigenvalue weighted by Gasteiger charge is 2.05. The average molecular weight is 194 g/mol. The summed E-state index contributed by atoms with van der Waals surface area (Å²) in [5.41, 5.74) is 0. The van der Waals surface area contributed by atoms with Crippen LogP contribution in [0.1, 0.15) is 0 Å². The van der Waals surface area contributed by atoms with Crippen LogP contribution in [0.2, 0.25) is 0 Å². The second kappa shape index (κ2) is 3.05. The molecule has 0 atom stereocenters. The van der Waals surface area contributed by atoms with Crippen molar-refractivity contribution >= 4 is 33.5 Å². The lowest BCUT2D eigenvalue weighted by atomic mass is 10.2. The van der Waals surface area contributed by atoms with E-state index >= 15 is 0 Å². The standard InChI is InChI=1S/C8H3FN2OS/c9-5-1-2-7-6(3-5)8(10-4-12)11-13-7/h1-3H. The number of carbonyl (C=O) groups excluding carboxylic acids is 1. The monoisotopic (exact) mass is 194 g/mol. The summed E-state index contributed by atoms with van der Waals surface area (Å²) >= 11 is 1.17. The van der Waals surface area contributed by atoms with Crippen molar-refractivity contribution in [2.75, 3.05) is 0 Å². The molecule has 2 aromatic rings. The molecular weight excluding hydrogens is 191 g/mol. The molecule has 0 aliphatic heterocycles. The lowest BCUT2D eigenvalue weighted by Crippen LogP contribution is -1.70. The summed E-state index contributed by atoms with van der Waals surface area (Å²) in [6.07, 6.45) is 1.38. The number of benzene rings is 1. The van der Waals surface area contributed by atoms with E-state index in [9.17, 15) is 9.18 Å². The van der Waals surface area contributed by atoms with Gasteiger partial charge < -0.3 is 0 Å². The van der Waals surface area contributed by atoms with Gasteiger partial charge in [0.2, 0.25) is 6.08 Å². The van der Waals surface area contributed by atoms with Crippen LogP contribution in [-0.2, 0) is 4.79 Å². The Balaban J connectivity index is 2.78. The van der Waals surface area contributed by atoms with Gasteiger partial charge in [0.1, 0.15) is 5.82 Å². The summed E-state index contributed by atoms with van der Waals surface area (Å²) in [7, 11) is 0. The molecule has 1 aromatic heterocycles. The molecule has 64 valence electrons. The van der Waals surface area contributed by atoms with Gasteiger partial charge in [0.05, 0.1) is 4.70 Å². The summed E-state index contributed by atoms with van der Waals surface area (Å²) in [6, 6.07) is 4.25. The maximum atomic E-state index is 12.8. The lowest BCUT2D eigenvalue weighted by molar-refractivity contribution is 0.565. The molecule has 13 heavy (non-hydrogen) atoms. The van der Waals surface area contributed by atoms with Crippen LogP contribution in [0.5, 0.6) is 0 Å². The number of fused-ring (bicyclic) bond motifs is 1. The Labute approximate surface area is 76.7 Å². The number of rotatable bonds is 1. The molecule has 0 aliphatic rings. The average Bonchev–Trinajstić information content (AvgIpc) is 2.49. The predicted molar refractivity (Wildman–Crippen MR) is 47.4 cm³/mol. The Hall–Kier alpha value is -1.58. The van der Waals surface area contributed by atoms with Gasteiger partial charge >= 0.3 is 0 Å². The van der Waals surface area contributed by atoms with Gasteiger partial charge in [-0.1, -0.05) is 0 Å². The van der Waals surface area contributed by atoms with Crippen LogP contribution in [0, 0.1) is 5.82 Å². The van der Waals surface area contributed by atoms with Crippen molar-refractivity contribution in [1.82, 2.24) is 4.37 Å². The molecule has 0 N–H and O–H groups in total. The Morgan fingerprint density at radius 1 is 1.54 bits per heavy atom. The number of aliphatic imine (C=N–C) groups is 1. The molecule has 0 unspecified atom stereocenters. The smallest absolute Gasteiger partial charge is 0.211 e. The zero-order valence-electron chi connectivity index (χ0n) is 6.32. The van der Waals surface area contributed by atoms with Gasteiger partial charge in [-0.3, -0.25) is 0 Å². The van der Waals surface area contributed by atoms with Crippen molar-refractivity contribution in [2.45, 2.75) is 0 Å². The van der Waals surface area contributed by atoms with E-state index < -0.39 is 0 Å². The molecule has 0 bridgehead atoms. The van der Waals surface area contributed by atoms with Crippen LogP contribution in [0.15, 0.2) is 23.2 Å². The van der Waals surface area contributed by atoms with Gasteiger partial charge in [-0.25, -0.2) is 9.18 Å². The zero-order chi connectivity index (χ0) is 9.26. The minimum absolute atomic E-state index is 0.231. The SMILES string of the molecule is O=C=Nc1nsc2ccc(F)cc12. The molecule has 0 radical (unpaired) electrons. The van der Waals surface area contributed by atoms with Gasteiger partial charge in [0, 0.05) is 5.39 Å². The first kappa shape index (κ1) is 8.04. The fourth-order valence-corrected chi connectivity index (χ4v) is 1.72. The van der Waals surface area contributed by atoms with Gasteiger partial charge in [-0.05, 0) is 29.7 Å². The quantitative estimate of drug-likeness (QED) is 0.516. The van der Waals surface area contributed by atoms with Gasteiger partial charge in [-0.2, -0.15) is 4.37 Å². The Bertz CT molecular complexity index is 502. The van der Waals surface area contributed by atoms with Crippen LogP contribution >= 0.6 is 11.5 Å². The topological polar surface area (TPSA) is 42.3 Å². The van der Waals surface area contributed by atoms with Crippen LogP contribution in [-0.4, -0.2) is 10.5 Å². The van der Waals surface area contributed by atoms with E-state index in [2.05, 4.69) is 9.37 Å². The molecule has 5 heteroatoms. The third-order valence-corrected chi connectivity index (χ3v) is 2.38. The van der Waals surface area contributed by atoms with Crippen molar-refractivity contribution in [2.24, 2.45) is 4.99 Å². The van der Waals surface area contributed by atoms with Crippen molar-refractivity contribution in [3.8, 4) is 0 Å². The Morgan fingerprint density at radius 3 is 3.15 bits per heavy atom. The first-order chi connectivity index (χ1) is 6.31. The number of isocyanates is 1. The summed E-state index contributed by atoms with van der Waals surface area (Å²) < 4.78 is 17.4. The Morgan fingerprint density at radius 2 is 2.38 bits per heavy atom. The molecule has 0 saturated carbocycles. The molecule has 0 saturated heterocycles. The molecule has 0 aliphatic carbocycles. The van der Waals surface area contributed by atoms with Crippen molar-refractivity contribution in [3.63, 3.8) is 0 Å². The molecule has 1 heterocycles. The Kier molecular flexibility index (Phi) is 1.88. The molecule has 3 nitrogen and oxygen atoms in total. The van der Waals surface area contributed by atoms with Crippen LogP contribution in [0.25, 0.3) is 10.1 Å². The van der Waals surface area contributed by atoms with E-state index in [4.69, 9.17) is 0 Å². The largest absolute Gasteiger partial charge is 0.242 e. The first-order valence-electron chi connectivity index (χ1n) is 3.44. The number of halogens is 1. The maximum absolute atomic E-state index is 12.8. The molecule has 0 amide bonds. The van der Waals surface area contributed by atoms with E-state index in [1.54, 1.807) is 6.07 Å². The van der Waals surface area contributed by atoms with Gasteiger partial charge in [-0.15, -0.1) is 4.99 Å². The summed E-state index contributed by atoms with van der Waals surface area (Å²) in [4.78, 5) is 13.3. The van der Waals surface area contributed by atoms with E-state index in [-0.39, 0.29) is 11.6 Å². The van der Waals surface area contributed by atoms with Crippen molar-refractivity contribution in [1.29, 1.82) is 0 Å². The molecule has 0 fully saturated rings. The third-order valence-electron chi connectivity index (χ3n) is 1.56. The second-order valence-electron chi connectivity index (χ2n) is 2.35. The first-order valence-corrected chi connectivity index (χ1v) is 4.21. The van der Waals surface area contributed by atoms with Crippen LogP contribution < -0.4 is 0 Å². The highest BCUT2D eigenvalue weighted by Crippen LogP contribution is 2.28. The van der Waals surface area contributed by atoms with Crippen molar-refractivity contribution < 1.29 is 9.18 Å². The predicted octanol–water partition coefficient (Wildman–Crippen LogP) is 2.40. The fraction of sp³-hybridized carbons (Fsp3) is 0. The fourth-order valence-electron chi connectivity index (χ4n) is 1.02. The van der Waals surface area contributed by atoms with E-state index in [1.807, 2.05) is 0 Å². The maximum Gasteiger partial charge on any atom is 0.242 e. The lowest BCUT2D eigenvalue weighted by Gasteiger charge is -1.88. The van der Waals surface area contributed by atoms with E-state index in [0.717, 1.165) is 4.70 Å². The summed E-state index contributed by atoms with van der Waals surface area (Å²) in [5, 5.41) is 0.549. The van der Waals surface area contributed by atoms with E-state index in [0.29, 0.717) is 5.39 Å². The third kappa shape index (κ3) is 1.35.